The minimum absolute atomic E-state index is 0.513. The maximum absolute atomic E-state index is 10.6. The Balaban J connectivity index is 1.55. The van der Waals surface area contributed by atoms with E-state index >= 15 is 0 Å². The molecule has 0 aliphatic carbocycles. The van der Waals surface area contributed by atoms with Gasteiger partial charge in [-0.25, -0.2) is 0 Å². The summed E-state index contributed by atoms with van der Waals surface area (Å²) in [5.41, 5.74) is 2.08. The zero-order valence-corrected chi connectivity index (χ0v) is 16.8. The quantitative estimate of drug-likeness (QED) is 0.776. The summed E-state index contributed by atoms with van der Waals surface area (Å²) >= 11 is 3.48. The standard InChI is InChI=1S/C20H25BrN2O3/c1-25-17-5-3-4-16(13-17)23-10-8-22(9-11-23)14-19(24)15-6-7-20(26-2)18(21)12-15/h3-7,12-13,19,24H,8-11,14H2,1-2H3. The molecule has 1 atom stereocenters. The third-order valence-corrected chi connectivity index (χ3v) is 5.40. The van der Waals surface area contributed by atoms with Crippen molar-refractivity contribution in [1.82, 2.24) is 4.90 Å². The summed E-state index contributed by atoms with van der Waals surface area (Å²) in [6, 6.07) is 13.9. The van der Waals surface area contributed by atoms with Crippen LogP contribution < -0.4 is 14.4 Å². The minimum Gasteiger partial charge on any atom is -0.497 e. The van der Waals surface area contributed by atoms with Gasteiger partial charge in [0.25, 0.3) is 0 Å². The first-order valence-corrected chi connectivity index (χ1v) is 9.53. The fourth-order valence-electron chi connectivity index (χ4n) is 3.24. The summed E-state index contributed by atoms with van der Waals surface area (Å²) in [5, 5.41) is 10.6. The molecule has 0 saturated carbocycles. The maximum atomic E-state index is 10.6. The number of methoxy groups -OCH3 is 2. The Hall–Kier alpha value is -1.76. The van der Waals surface area contributed by atoms with E-state index in [0.717, 1.165) is 47.7 Å². The molecule has 140 valence electrons. The lowest BCUT2D eigenvalue weighted by molar-refractivity contribution is 0.109. The van der Waals surface area contributed by atoms with Crippen molar-refractivity contribution in [2.75, 3.05) is 51.8 Å². The van der Waals surface area contributed by atoms with Crippen molar-refractivity contribution >= 4 is 21.6 Å². The number of benzene rings is 2. The topological polar surface area (TPSA) is 45.2 Å². The summed E-state index contributed by atoms with van der Waals surface area (Å²) in [7, 11) is 3.33. The second kappa shape index (κ2) is 8.75. The molecule has 0 aromatic heterocycles. The summed E-state index contributed by atoms with van der Waals surface area (Å²) in [6.45, 7) is 4.35. The number of anilines is 1. The first kappa shape index (κ1) is 19.0. The molecule has 2 aromatic carbocycles. The van der Waals surface area contributed by atoms with Crippen LogP contribution in [0.4, 0.5) is 5.69 Å². The van der Waals surface area contributed by atoms with Crippen LogP contribution in [-0.2, 0) is 0 Å². The normalized spacial score (nSPS) is 16.4. The fourth-order valence-corrected chi connectivity index (χ4v) is 3.79. The SMILES string of the molecule is COc1cccc(N2CCN(CC(O)c3ccc(OC)c(Br)c3)CC2)c1. The summed E-state index contributed by atoms with van der Waals surface area (Å²) in [5.74, 6) is 1.65. The molecule has 1 aliphatic heterocycles. The monoisotopic (exact) mass is 420 g/mol. The minimum atomic E-state index is -0.513. The Bertz CT molecular complexity index is 733. The Morgan fingerprint density at radius 3 is 2.46 bits per heavy atom. The predicted molar refractivity (Wildman–Crippen MR) is 107 cm³/mol. The molecule has 5 nitrogen and oxygen atoms in total. The van der Waals surface area contributed by atoms with Gasteiger partial charge in [-0.15, -0.1) is 0 Å². The van der Waals surface area contributed by atoms with Gasteiger partial charge in [-0.3, -0.25) is 4.90 Å². The molecule has 0 radical (unpaired) electrons. The van der Waals surface area contributed by atoms with E-state index in [9.17, 15) is 5.11 Å². The van der Waals surface area contributed by atoms with Gasteiger partial charge in [0.05, 0.1) is 24.8 Å². The number of halogens is 1. The van der Waals surface area contributed by atoms with Crippen LogP contribution in [0, 0.1) is 0 Å². The molecule has 6 heteroatoms. The van der Waals surface area contributed by atoms with E-state index in [1.165, 1.54) is 5.69 Å². The molecule has 0 bridgehead atoms. The van der Waals surface area contributed by atoms with Crippen molar-refractivity contribution in [1.29, 1.82) is 0 Å². The maximum Gasteiger partial charge on any atom is 0.133 e. The average Bonchev–Trinajstić information content (AvgIpc) is 2.68. The smallest absolute Gasteiger partial charge is 0.133 e. The van der Waals surface area contributed by atoms with Crippen LogP contribution in [0.2, 0.25) is 0 Å². The lowest BCUT2D eigenvalue weighted by Gasteiger charge is -2.37. The van der Waals surface area contributed by atoms with Gasteiger partial charge in [0, 0.05) is 44.5 Å². The van der Waals surface area contributed by atoms with Crippen LogP contribution >= 0.6 is 15.9 Å². The first-order valence-electron chi connectivity index (χ1n) is 8.73. The van der Waals surface area contributed by atoms with Gasteiger partial charge >= 0.3 is 0 Å². The van der Waals surface area contributed by atoms with Crippen LogP contribution in [0.15, 0.2) is 46.9 Å². The average molecular weight is 421 g/mol. The summed E-state index contributed by atoms with van der Waals surface area (Å²) in [4.78, 5) is 4.66. The van der Waals surface area contributed by atoms with Crippen molar-refractivity contribution in [3.8, 4) is 11.5 Å². The number of hydrogen-bond donors (Lipinski definition) is 1. The molecule has 1 fully saturated rings. The third kappa shape index (κ3) is 4.50. The van der Waals surface area contributed by atoms with E-state index in [0.29, 0.717) is 6.54 Å². The van der Waals surface area contributed by atoms with Gasteiger partial charge < -0.3 is 19.5 Å². The van der Waals surface area contributed by atoms with Gasteiger partial charge in [0.15, 0.2) is 0 Å². The molecular weight excluding hydrogens is 396 g/mol. The zero-order chi connectivity index (χ0) is 18.5. The van der Waals surface area contributed by atoms with Crippen LogP contribution in [0.25, 0.3) is 0 Å². The van der Waals surface area contributed by atoms with E-state index in [2.05, 4.69) is 37.9 Å². The van der Waals surface area contributed by atoms with E-state index in [1.54, 1.807) is 14.2 Å². The molecule has 0 amide bonds. The lowest BCUT2D eigenvalue weighted by Crippen LogP contribution is -2.47. The van der Waals surface area contributed by atoms with E-state index in [1.807, 2.05) is 30.3 Å². The fraction of sp³-hybridized carbons (Fsp3) is 0.400. The number of aliphatic hydroxyl groups is 1. The number of aliphatic hydroxyl groups excluding tert-OH is 1. The molecule has 0 spiro atoms. The molecule has 3 rings (SSSR count). The van der Waals surface area contributed by atoms with Crippen molar-refractivity contribution in [3.05, 3.63) is 52.5 Å². The predicted octanol–water partition coefficient (Wildman–Crippen LogP) is 3.32. The van der Waals surface area contributed by atoms with Gasteiger partial charge in [-0.1, -0.05) is 12.1 Å². The number of ether oxygens (including phenoxy) is 2. The van der Waals surface area contributed by atoms with Crippen molar-refractivity contribution < 1.29 is 14.6 Å². The molecule has 1 heterocycles. The van der Waals surface area contributed by atoms with E-state index in [-0.39, 0.29) is 0 Å². The van der Waals surface area contributed by atoms with Crippen molar-refractivity contribution in [2.24, 2.45) is 0 Å². The first-order chi connectivity index (χ1) is 12.6. The number of β-amino-alcohol motifs (C(OH)–C–C–N with tert-alkyl or cyclic N) is 1. The highest BCUT2D eigenvalue weighted by Crippen LogP contribution is 2.29. The highest BCUT2D eigenvalue weighted by Gasteiger charge is 2.21. The van der Waals surface area contributed by atoms with Gasteiger partial charge in [-0.05, 0) is 45.8 Å². The Kier molecular flexibility index (Phi) is 6.40. The Morgan fingerprint density at radius 1 is 1.04 bits per heavy atom. The number of hydrogen-bond acceptors (Lipinski definition) is 5. The second-order valence-corrected chi connectivity index (χ2v) is 7.25. The number of rotatable bonds is 6. The van der Waals surface area contributed by atoms with Gasteiger partial charge in [0.2, 0.25) is 0 Å². The van der Waals surface area contributed by atoms with Crippen LogP contribution in [-0.4, -0.2) is 56.9 Å². The molecular formula is C20H25BrN2O3. The molecule has 2 aromatic rings. The molecule has 26 heavy (non-hydrogen) atoms. The second-order valence-electron chi connectivity index (χ2n) is 6.40. The van der Waals surface area contributed by atoms with Crippen LogP contribution in [0.5, 0.6) is 11.5 Å². The highest BCUT2D eigenvalue weighted by atomic mass is 79.9. The van der Waals surface area contributed by atoms with Gasteiger partial charge in [0.1, 0.15) is 11.5 Å². The number of nitrogens with zero attached hydrogens (tertiary/aromatic N) is 2. The Labute approximate surface area is 163 Å². The zero-order valence-electron chi connectivity index (χ0n) is 15.2. The van der Waals surface area contributed by atoms with E-state index in [4.69, 9.17) is 9.47 Å². The summed E-state index contributed by atoms with van der Waals surface area (Å²) < 4.78 is 11.4. The van der Waals surface area contributed by atoms with E-state index < -0.39 is 6.10 Å². The highest BCUT2D eigenvalue weighted by molar-refractivity contribution is 9.10. The molecule has 1 N–H and O–H groups in total. The van der Waals surface area contributed by atoms with Crippen LogP contribution in [0.3, 0.4) is 0 Å². The largest absolute Gasteiger partial charge is 0.497 e. The molecule has 1 unspecified atom stereocenters. The lowest BCUT2D eigenvalue weighted by atomic mass is 10.1. The third-order valence-electron chi connectivity index (χ3n) is 4.78. The van der Waals surface area contributed by atoms with Crippen LogP contribution in [0.1, 0.15) is 11.7 Å². The van der Waals surface area contributed by atoms with Gasteiger partial charge in [-0.2, -0.15) is 0 Å². The molecule has 1 saturated heterocycles. The molecule has 1 aliphatic rings. The number of piperazine rings is 1. The summed E-state index contributed by atoms with van der Waals surface area (Å²) in [6.07, 6.45) is -0.513. The van der Waals surface area contributed by atoms with Crippen molar-refractivity contribution in [3.63, 3.8) is 0 Å². The Morgan fingerprint density at radius 2 is 1.81 bits per heavy atom. The van der Waals surface area contributed by atoms with Crippen molar-refractivity contribution in [2.45, 2.75) is 6.10 Å².